The number of hydrogen-bond acceptors (Lipinski definition) is 3. The molecule has 1 N–H and O–H groups in total. The van der Waals surface area contributed by atoms with E-state index in [1.54, 1.807) is 0 Å². The van der Waals surface area contributed by atoms with E-state index in [9.17, 15) is 0 Å². The summed E-state index contributed by atoms with van der Waals surface area (Å²) in [4.78, 5) is 0. The van der Waals surface area contributed by atoms with Gasteiger partial charge >= 0.3 is 0 Å². The van der Waals surface area contributed by atoms with E-state index < -0.39 is 0 Å². The number of ether oxygens (including phenoxy) is 1. The summed E-state index contributed by atoms with van der Waals surface area (Å²) < 4.78 is 11.6. The number of nitrogens with one attached hydrogen (secondary N) is 1. The number of aryl methyl sites for hydroxylation is 1. The lowest BCUT2D eigenvalue weighted by Crippen LogP contribution is -2.11. The van der Waals surface area contributed by atoms with Gasteiger partial charge in [0.25, 0.3) is 0 Å². The predicted molar refractivity (Wildman–Crippen MR) is 86.3 cm³/mol. The Kier molecular flexibility index (Phi) is 5.64. The van der Waals surface area contributed by atoms with Gasteiger partial charge in [0.1, 0.15) is 23.9 Å². The van der Waals surface area contributed by atoms with Crippen molar-refractivity contribution in [3.05, 3.63) is 59.1 Å². The molecule has 2 aromatic rings. The topological polar surface area (TPSA) is 34.4 Å². The normalized spacial score (nSPS) is 11.2. The second-order valence-electron chi connectivity index (χ2n) is 4.90. The standard InChI is InChI=1S/C18H23NO2/c1-4-8-15-9-6-7-10-18(15)20-13-17-11-16(12-19-5-2)14(3)21-17/h4,6-11,19H,5,12-13H2,1-3H3. The molecule has 1 heterocycles. The fourth-order valence-electron chi connectivity index (χ4n) is 2.17. The Bertz CT molecular complexity index is 599. The van der Waals surface area contributed by atoms with Crippen molar-refractivity contribution < 1.29 is 9.15 Å². The lowest BCUT2D eigenvalue weighted by Gasteiger charge is -2.07. The van der Waals surface area contributed by atoms with Gasteiger partial charge in [0.15, 0.2) is 0 Å². The van der Waals surface area contributed by atoms with Gasteiger partial charge in [-0.1, -0.05) is 37.3 Å². The Balaban J connectivity index is 2.03. The molecule has 0 unspecified atom stereocenters. The zero-order chi connectivity index (χ0) is 15.1. The molecule has 2 rings (SSSR count). The van der Waals surface area contributed by atoms with Gasteiger partial charge in [-0.25, -0.2) is 0 Å². The number of allylic oxidation sites excluding steroid dienone is 1. The highest BCUT2D eigenvalue weighted by molar-refractivity contribution is 5.56. The number of benzene rings is 1. The monoisotopic (exact) mass is 285 g/mol. The zero-order valence-corrected chi connectivity index (χ0v) is 13.0. The maximum absolute atomic E-state index is 5.88. The first-order valence-electron chi connectivity index (χ1n) is 7.38. The van der Waals surface area contributed by atoms with Crippen LogP contribution >= 0.6 is 0 Å². The van der Waals surface area contributed by atoms with Crippen molar-refractivity contribution in [2.24, 2.45) is 0 Å². The lowest BCUT2D eigenvalue weighted by atomic mass is 10.2. The first kappa shape index (κ1) is 15.4. The van der Waals surface area contributed by atoms with Gasteiger partial charge in [0.2, 0.25) is 0 Å². The number of rotatable bonds is 7. The van der Waals surface area contributed by atoms with E-state index >= 15 is 0 Å². The van der Waals surface area contributed by atoms with Crippen LogP contribution in [0.15, 0.2) is 40.8 Å². The zero-order valence-electron chi connectivity index (χ0n) is 13.0. The molecule has 0 aliphatic heterocycles. The second-order valence-corrected chi connectivity index (χ2v) is 4.90. The van der Waals surface area contributed by atoms with Crippen molar-refractivity contribution in [1.29, 1.82) is 0 Å². The molecule has 0 bridgehead atoms. The molecule has 1 aromatic carbocycles. The number of hydrogen-bond donors (Lipinski definition) is 1. The minimum atomic E-state index is 0.446. The Morgan fingerprint density at radius 3 is 2.86 bits per heavy atom. The van der Waals surface area contributed by atoms with Crippen molar-refractivity contribution >= 4 is 6.08 Å². The predicted octanol–water partition coefficient (Wildman–Crippen LogP) is 4.31. The highest BCUT2D eigenvalue weighted by atomic mass is 16.5. The van der Waals surface area contributed by atoms with Crippen LogP contribution in [0.3, 0.4) is 0 Å². The number of para-hydroxylation sites is 1. The van der Waals surface area contributed by atoms with Crippen LogP contribution < -0.4 is 10.1 Å². The van der Waals surface area contributed by atoms with Crippen molar-refractivity contribution in [1.82, 2.24) is 5.32 Å². The van der Waals surface area contributed by atoms with E-state index in [0.717, 1.165) is 35.9 Å². The molecule has 0 aliphatic rings. The van der Waals surface area contributed by atoms with Crippen molar-refractivity contribution in [2.45, 2.75) is 33.9 Å². The van der Waals surface area contributed by atoms with Crippen molar-refractivity contribution in [2.75, 3.05) is 6.54 Å². The summed E-state index contributed by atoms with van der Waals surface area (Å²) in [7, 11) is 0. The molecule has 0 fully saturated rings. The maximum atomic E-state index is 5.88. The minimum Gasteiger partial charge on any atom is -0.485 e. The number of furan rings is 1. The molecule has 0 aliphatic carbocycles. The maximum Gasteiger partial charge on any atom is 0.146 e. The Morgan fingerprint density at radius 1 is 1.29 bits per heavy atom. The van der Waals surface area contributed by atoms with Gasteiger partial charge < -0.3 is 14.5 Å². The summed E-state index contributed by atoms with van der Waals surface area (Å²) in [5.41, 5.74) is 2.27. The van der Waals surface area contributed by atoms with Gasteiger partial charge in [-0.2, -0.15) is 0 Å². The molecule has 112 valence electrons. The Hall–Kier alpha value is -2.00. The Labute approximate surface area is 126 Å². The van der Waals surface area contributed by atoms with E-state index in [-0.39, 0.29) is 0 Å². The highest BCUT2D eigenvalue weighted by Gasteiger charge is 2.08. The van der Waals surface area contributed by atoms with Gasteiger partial charge in [-0.15, -0.1) is 0 Å². The lowest BCUT2D eigenvalue weighted by molar-refractivity contribution is 0.267. The molecule has 21 heavy (non-hydrogen) atoms. The third kappa shape index (κ3) is 4.23. The molecule has 0 radical (unpaired) electrons. The molecule has 3 nitrogen and oxygen atoms in total. The van der Waals surface area contributed by atoms with Gasteiger partial charge in [-0.05, 0) is 32.5 Å². The van der Waals surface area contributed by atoms with Crippen LogP contribution in [0.4, 0.5) is 0 Å². The van der Waals surface area contributed by atoms with Gasteiger partial charge in [0, 0.05) is 17.7 Å². The summed E-state index contributed by atoms with van der Waals surface area (Å²) >= 11 is 0. The SMILES string of the molecule is CC=Cc1ccccc1OCc1cc(CNCC)c(C)o1. The van der Waals surface area contributed by atoms with Crippen LogP contribution in [-0.2, 0) is 13.2 Å². The molecule has 0 amide bonds. The fraction of sp³-hybridized carbons (Fsp3) is 0.333. The summed E-state index contributed by atoms with van der Waals surface area (Å²) in [5.74, 6) is 2.69. The van der Waals surface area contributed by atoms with Crippen molar-refractivity contribution in [3.8, 4) is 5.75 Å². The van der Waals surface area contributed by atoms with Gasteiger partial charge in [0.05, 0.1) is 0 Å². The molecule has 0 saturated heterocycles. The average Bonchev–Trinajstić information content (AvgIpc) is 2.85. The molecule has 0 saturated carbocycles. The van der Waals surface area contributed by atoms with Crippen LogP contribution in [-0.4, -0.2) is 6.54 Å². The van der Waals surface area contributed by atoms with E-state index in [1.165, 1.54) is 5.56 Å². The molecule has 0 atom stereocenters. The minimum absolute atomic E-state index is 0.446. The average molecular weight is 285 g/mol. The van der Waals surface area contributed by atoms with E-state index in [1.807, 2.05) is 50.3 Å². The quantitative estimate of drug-likeness (QED) is 0.823. The molecular formula is C18H23NO2. The summed E-state index contributed by atoms with van der Waals surface area (Å²) in [6.45, 7) is 8.32. The van der Waals surface area contributed by atoms with Crippen LogP contribution in [0.5, 0.6) is 5.75 Å². The van der Waals surface area contributed by atoms with E-state index in [0.29, 0.717) is 6.61 Å². The van der Waals surface area contributed by atoms with Crippen molar-refractivity contribution in [3.63, 3.8) is 0 Å². The third-order valence-corrected chi connectivity index (χ3v) is 3.27. The fourth-order valence-corrected chi connectivity index (χ4v) is 2.17. The largest absolute Gasteiger partial charge is 0.485 e. The van der Waals surface area contributed by atoms with E-state index in [2.05, 4.69) is 18.3 Å². The smallest absolute Gasteiger partial charge is 0.146 e. The third-order valence-electron chi connectivity index (χ3n) is 3.27. The van der Waals surface area contributed by atoms with Crippen LogP contribution in [0.1, 0.15) is 36.5 Å². The highest BCUT2D eigenvalue weighted by Crippen LogP contribution is 2.22. The Morgan fingerprint density at radius 2 is 2.10 bits per heavy atom. The molecule has 3 heteroatoms. The van der Waals surface area contributed by atoms with Gasteiger partial charge in [-0.3, -0.25) is 0 Å². The van der Waals surface area contributed by atoms with E-state index in [4.69, 9.17) is 9.15 Å². The molecule has 1 aromatic heterocycles. The van der Waals surface area contributed by atoms with Crippen LogP contribution in [0, 0.1) is 6.92 Å². The first-order chi connectivity index (χ1) is 10.2. The van der Waals surface area contributed by atoms with Crippen LogP contribution in [0.2, 0.25) is 0 Å². The second kappa shape index (κ2) is 7.70. The summed E-state index contributed by atoms with van der Waals surface area (Å²) in [6, 6.07) is 10.1. The molecular weight excluding hydrogens is 262 g/mol. The summed E-state index contributed by atoms with van der Waals surface area (Å²) in [6.07, 6.45) is 4.05. The molecule has 0 spiro atoms. The summed E-state index contributed by atoms with van der Waals surface area (Å²) in [5, 5.41) is 3.31. The first-order valence-corrected chi connectivity index (χ1v) is 7.38. The van der Waals surface area contributed by atoms with Crippen LogP contribution in [0.25, 0.3) is 6.08 Å².